The number of nitrogens with zero attached hydrogens (tertiary/aromatic N) is 2. The van der Waals surface area contributed by atoms with Gasteiger partial charge in [0.2, 0.25) is 0 Å². The largest absolute Gasteiger partial charge is 0.398 e. The number of carbonyl (C=O) groups excluding carboxylic acids is 2. The summed E-state index contributed by atoms with van der Waals surface area (Å²) in [6.07, 6.45) is -4.44. The van der Waals surface area contributed by atoms with Gasteiger partial charge in [-0.05, 0) is 31.5 Å². The third kappa shape index (κ3) is 4.33. The fourth-order valence-corrected chi connectivity index (χ4v) is 3.50. The monoisotopic (exact) mass is 423 g/mol. The topological polar surface area (TPSA) is 88.1 Å². The van der Waals surface area contributed by atoms with Crippen molar-refractivity contribution in [3.05, 3.63) is 52.3 Å². The summed E-state index contributed by atoms with van der Waals surface area (Å²) >= 11 is 0. The Morgan fingerprint density at radius 2 is 1.90 bits per heavy atom. The number of fused-ring (bicyclic) bond motifs is 1. The van der Waals surface area contributed by atoms with E-state index in [0.29, 0.717) is 5.56 Å². The van der Waals surface area contributed by atoms with Gasteiger partial charge in [-0.3, -0.25) is 14.3 Å². The van der Waals surface area contributed by atoms with Crippen LogP contribution in [0.1, 0.15) is 63.5 Å². The zero-order valence-corrected chi connectivity index (χ0v) is 16.9. The summed E-state index contributed by atoms with van der Waals surface area (Å²) in [5.41, 5.74) is 1.57. The number of halogens is 3. The highest BCUT2D eigenvalue weighted by molar-refractivity contribution is 5.94. The van der Waals surface area contributed by atoms with Crippen LogP contribution in [-0.2, 0) is 13.1 Å². The molecule has 1 aliphatic heterocycles. The third-order valence-corrected chi connectivity index (χ3v) is 5.03. The fourth-order valence-electron chi connectivity index (χ4n) is 3.50. The number of aromatic nitrogens is 2. The van der Waals surface area contributed by atoms with Gasteiger partial charge in [-0.25, -0.2) is 0 Å². The van der Waals surface area contributed by atoms with Crippen LogP contribution in [0.3, 0.4) is 0 Å². The Hall–Kier alpha value is -2.88. The quantitative estimate of drug-likeness (QED) is 0.690. The van der Waals surface area contributed by atoms with E-state index in [1.165, 1.54) is 11.7 Å². The first-order chi connectivity index (χ1) is 14.1. The Morgan fingerprint density at radius 3 is 2.47 bits per heavy atom. The van der Waals surface area contributed by atoms with Crippen LogP contribution in [0.5, 0.6) is 0 Å². The zero-order valence-electron chi connectivity index (χ0n) is 16.9. The normalized spacial score (nSPS) is 16.3. The maximum absolute atomic E-state index is 13.5. The van der Waals surface area contributed by atoms with Crippen LogP contribution in [0, 0.1) is 0 Å². The smallest absolute Gasteiger partial charge is 0.355 e. The van der Waals surface area contributed by atoms with Crippen molar-refractivity contribution < 1.29 is 22.8 Å². The average Bonchev–Trinajstić information content (AvgIpc) is 3.11. The minimum Gasteiger partial charge on any atom is -0.355 e. The summed E-state index contributed by atoms with van der Waals surface area (Å²) in [5, 5.41) is 12.2. The van der Waals surface area contributed by atoms with Crippen LogP contribution < -0.4 is 16.0 Å². The molecule has 2 heterocycles. The Balaban J connectivity index is 1.82. The molecule has 2 amide bonds. The summed E-state index contributed by atoms with van der Waals surface area (Å²) < 4.78 is 42.0. The number of alkyl halides is 3. The Labute approximate surface area is 172 Å². The molecule has 1 aliphatic rings. The minimum atomic E-state index is -4.44. The van der Waals surface area contributed by atoms with E-state index in [0.717, 1.165) is 5.56 Å². The Kier molecular flexibility index (Phi) is 6.16. The van der Waals surface area contributed by atoms with Gasteiger partial charge >= 0.3 is 6.18 Å². The summed E-state index contributed by atoms with van der Waals surface area (Å²) in [6.45, 7) is 3.54. The lowest BCUT2D eigenvalue weighted by Gasteiger charge is -2.28. The van der Waals surface area contributed by atoms with Crippen molar-refractivity contribution in [3.8, 4) is 0 Å². The number of carbonyl (C=O) groups is 2. The van der Waals surface area contributed by atoms with Crippen LogP contribution in [-0.4, -0.2) is 41.4 Å². The molecular formula is C20H24F3N5O2. The molecule has 10 heteroatoms. The molecule has 2 aromatic rings. The molecule has 1 aromatic heterocycles. The average molecular weight is 423 g/mol. The molecule has 0 fully saturated rings. The van der Waals surface area contributed by atoms with E-state index in [1.54, 1.807) is 38.1 Å². The van der Waals surface area contributed by atoms with Gasteiger partial charge in [-0.1, -0.05) is 12.1 Å². The van der Waals surface area contributed by atoms with Gasteiger partial charge < -0.3 is 16.0 Å². The Bertz CT molecular complexity index is 935. The molecule has 162 valence electrons. The summed E-state index contributed by atoms with van der Waals surface area (Å²) in [7, 11) is 1.53. The first-order valence-corrected chi connectivity index (χ1v) is 9.61. The van der Waals surface area contributed by atoms with E-state index >= 15 is 0 Å². The lowest BCUT2D eigenvalue weighted by molar-refractivity contribution is -0.152. The van der Waals surface area contributed by atoms with E-state index in [4.69, 9.17) is 0 Å². The number of nitrogens with one attached hydrogen (secondary N) is 3. The lowest BCUT2D eigenvalue weighted by Crippen LogP contribution is -2.38. The van der Waals surface area contributed by atoms with E-state index in [9.17, 15) is 22.8 Å². The predicted molar refractivity (Wildman–Crippen MR) is 104 cm³/mol. The van der Waals surface area contributed by atoms with Gasteiger partial charge in [-0.2, -0.15) is 18.3 Å². The van der Waals surface area contributed by atoms with Gasteiger partial charge in [0, 0.05) is 43.9 Å². The standard InChI is InChI=1S/C20H24F3N5O2/c1-11(2)28-17-14(9-25-10-15(17)20(21,22)23)16(27-28)19(30)26-8-12-4-6-13(7-5-12)18(29)24-3/h4-7,11,15,25H,8-10H2,1-3H3,(H,24,29)(H,26,30). The molecule has 7 nitrogen and oxygen atoms in total. The first-order valence-electron chi connectivity index (χ1n) is 9.61. The SMILES string of the molecule is CNC(=O)c1ccc(CNC(=O)c2nn(C(C)C)c3c2CNCC3C(F)(F)F)cc1. The molecule has 1 unspecified atom stereocenters. The maximum Gasteiger partial charge on any atom is 0.398 e. The van der Waals surface area contributed by atoms with Crippen molar-refractivity contribution in [1.29, 1.82) is 0 Å². The highest BCUT2D eigenvalue weighted by atomic mass is 19.4. The molecule has 0 bridgehead atoms. The molecule has 0 aliphatic carbocycles. The van der Waals surface area contributed by atoms with E-state index < -0.39 is 18.0 Å². The van der Waals surface area contributed by atoms with Crippen molar-refractivity contribution in [2.45, 2.75) is 45.1 Å². The molecule has 30 heavy (non-hydrogen) atoms. The number of benzene rings is 1. The second-order valence-corrected chi connectivity index (χ2v) is 7.43. The summed E-state index contributed by atoms with van der Waals surface area (Å²) in [5.74, 6) is -2.47. The molecule has 0 spiro atoms. The van der Waals surface area contributed by atoms with Gasteiger partial charge in [0.25, 0.3) is 11.8 Å². The lowest BCUT2D eigenvalue weighted by atomic mass is 9.95. The second kappa shape index (κ2) is 8.47. The predicted octanol–water partition coefficient (Wildman–Crippen LogP) is 2.50. The molecule has 0 saturated carbocycles. The van der Waals surface area contributed by atoms with Gasteiger partial charge in [0.15, 0.2) is 5.69 Å². The Morgan fingerprint density at radius 1 is 1.23 bits per heavy atom. The van der Waals surface area contributed by atoms with E-state index in [1.807, 2.05) is 0 Å². The van der Waals surface area contributed by atoms with Gasteiger partial charge in [-0.15, -0.1) is 0 Å². The first kappa shape index (κ1) is 21.8. The van der Waals surface area contributed by atoms with Crippen molar-refractivity contribution in [3.63, 3.8) is 0 Å². The summed E-state index contributed by atoms with van der Waals surface area (Å²) in [6, 6.07) is 6.35. The minimum absolute atomic E-state index is 0.00197. The molecule has 0 radical (unpaired) electrons. The fraction of sp³-hybridized carbons (Fsp3) is 0.450. The molecule has 0 saturated heterocycles. The van der Waals surface area contributed by atoms with Gasteiger partial charge in [0.05, 0.1) is 5.69 Å². The molecule has 1 atom stereocenters. The van der Waals surface area contributed by atoms with Crippen molar-refractivity contribution in [1.82, 2.24) is 25.7 Å². The third-order valence-electron chi connectivity index (χ3n) is 5.03. The van der Waals surface area contributed by atoms with Crippen LogP contribution in [0.25, 0.3) is 0 Å². The number of hydrogen-bond donors (Lipinski definition) is 3. The number of hydrogen-bond acceptors (Lipinski definition) is 4. The molecule has 1 aromatic carbocycles. The van der Waals surface area contributed by atoms with Crippen LogP contribution >= 0.6 is 0 Å². The van der Waals surface area contributed by atoms with Crippen LogP contribution in [0.4, 0.5) is 13.2 Å². The highest BCUT2D eigenvalue weighted by Gasteiger charge is 2.46. The summed E-state index contributed by atoms with van der Waals surface area (Å²) in [4.78, 5) is 24.3. The van der Waals surface area contributed by atoms with Crippen molar-refractivity contribution in [2.24, 2.45) is 0 Å². The number of amides is 2. The number of rotatable bonds is 5. The molecular weight excluding hydrogens is 399 g/mol. The molecule has 3 rings (SSSR count). The van der Waals surface area contributed by atoms with E-state index in [-0.39, 0.29) is 48.5 Å². The molecule has 3 N–H and O–H groups in total. The van der Waals surface area contributed by atoms with Crippen LogP contribution in [0.2, 0.25) is 0 Å². The van der Waals surface area contributed by atoms with Gasteiger partial charge in [0.1, 0.15) is 5.92 Å². The zero-order chi connectivity index (χ0) is 22.1. The van der Waals surface area contributed by atoms with Crippen molar-refractivity contribution in [2.75, 3.05) is 13.6 Å². The highest BCUT2D eigenvalue weighted by Crippen LogP contribution is 2.39. The van der Waals surface area contributed by atoms with E-state index in [2.05, 4.69) is 21.0 Å². The van der Waals surface area contributed by atoms with Crippen molar-refractivity contribution >= 4 is 11.8 Å². The second-order valence-electron chi connectivity index (χ2n) is 7.43. The maximum atomic E-state index is 13.5. The van der Waals surface area contributed by atoms with Crippen LogP contribution in [0.15, 0.2) is 24.3 Å².